The zero-order valence-electron chi connectivity index (χ0n) is 14.9. The lowest BCUT2D eigenvalue weighted by molar-refractivity contribution is -0.156. The molecule has 0 spiro atoms. The van der Waals surface area contributed by atoms with Gasteiger partial charge in [0, 0.05) is 12.0 Å². The van der Waals surface area contributed by atoms with Crippen LogP contribution in [0.5, 0.6) is 0 Å². The molecule has 3 rings (SSSR count). The molecule has 5 atom stereocenters. The Labute approximate surface area is 156 Å². The van der Waals surface area contributed by atoms with E-state index in [2.05, 4.69) is 0 Å². The summed E-state index contributed by atoms with van der Waals surface area (Å²) in [6.45, 7) is 2.63. The fourth-order valence-corrected chi connectivity index (χ4v) is 4.51. The van der Waals surface area contributed by atoms with Crippen molar-refractivity contribution < 1.29 is 23.5 Å². The summed E-state index contributed by atoms with van der Waals surface area (Å²) in [5, 5.41) is 9.91. The van der Waals surface area contributed by atoms with Crippen LogP contribution in [0.15, 0.2) is 59.5 Å². The smallest absolute Gasteiger partial charge is 0.184 e. The Morgan fingerprint density at radius 1 is 1.12 bits per heavy atom. The molecule has 0 radical (unpaired) electrons. The first-order chi connectivity index (χ1) is 12.6. The maximum atomic E-state index is 13.0. The quantitative estimate of drug-likeness (QED) is 0.804. The Hall–Kier alpha value is -1.57. The number of benzene rings is 2. The number of ether oxygens (including phenoxy) is 3. The summed E-state index contributed by atoms with van der Waals surface area (Å²) in [6.07, 6.45) is -2.30. The van der Waals surface area contributed by atoms with Gasteiger partial charge in [-0.3, -0.25) is 4.21 Å². The van der Waals surface area contributed by atoms with E-state index in [9.17, 15) is 9.32 Å². The molecule has 1 N–H and O–H groups in total. The largest absolute Gasteiger partial charge is 0.386 e. The zero-order chi connectivity index (χ0) is 18.5. The Morgan fingerprint density at radius 2 is 1.81 bits per heavy atom. The molecule has 6 heteroatoms. The van der Waals surface area contributed by atoms with Gasteiger partial charge in [-0.15, -0.1) is 0 Å². The molecule has 0 aliphatic carbocycles. The molecular weight excluding hydrogens is 352 g/mol. The summed E-state index contributed by atoms with van der Waals surface area (Å²) in [6, 6.07) is 17.3. The molecule has 1 aliphatic rings. The van der Waals surface area contributed by atoms with Gasteiger partial charge in [0.25, 0.3) is 0 Å². The molecule has 0 unspecified atom stereocenters. The van der Waals surface area contributed by atoms with Crippen molar-refractivity contribution in [2.24, 2.45) is 0 Å². The Balaban J connectivity index is 1.69. The maximum absolute atomic E-state index is 13.0. The summed E-state index contributed by atoms with van der Waals surface area (Å²) in [5.74, 6) is 0. The molecule has 0 aromatic heterocycles. The number of methoxy groups -OCH3 is 1. The number of aryl methyl sites for hydroxylation is 1. The zero-order valence-corrected chi connectivity index (χ0v) is 15.7. The molecule has 0 saturated carbocycles. The normalized spacial score (nSPS) is 26.7. The number of aliphatic hydroxyl groups excluding tert-OH is 1. The van der Waals surface area contributed by atoms with Gasteiger partial charge in [-0.05, 0) is 24.6 Å². The van der Waals surface area contributed by atoms with E-state index in [1.807, 2.05) is 61.5 Å². The van der Waals surface area contributed by atoms with Crippen molar-refractivity contribution >= 4 is 10.8 Å². The Kier molecular flexibility index (Phi) is 6.56. The molecule has 0 bridgehead atoms. The molecule has 2 aromatic rings. The average Bonchev–Trinajstić information content (AvgIpc) is 2.98. The first-order valence-corrected chi connectivity index (χ1v) is 9.76. The second-order valence-electron chi connectivity index (χ2n) is 6.35. The third kappa shape index (κ3) is 4.39. The van der Waals surface area contributed by atoms with E-state index in [4.69, 9.17) is 14.2 Å². The fraction of sp³-hybridized carbons (Fsp3) is 0.400. The minimum absolute atomic E-state index is 0.230. The maximum Gasteiger partial charge on any atom is 0.184 e. The molecule has 1 heterocycles. The van der Waals surface area contributed by atoms with Gasteiger partial charge in [-0.2, -0.15) is 0 Å². The van der Waals surface area contributed by atoms with Crippen LogP contribution >= 0.6 is 0 Å². The van der Waals surface area contributed by atoms with E-state index in [0.29, 0.717) is 11.5 Å². The van der Waals surface area contributed by atoms with Gasteiger partial charge in [0.2, 0.25) is 0 Å². The van der Waals surface area contributed by atoms with Gasteiger partial charge in [0.05, 0.1) is 29.3 Å². The van der Waals surface area contributed by atoms with E-state index in [-0.39, 0.29) is 6.61 Å². The van der Waals surface area contributed by atoms with Gasteiger partial charge < -0.3 is 19.3 Å². The van der Waals surface area contributed by atoms with Crippen LogP contribution in [0.2, 0.25) is 0 Å². The minimum atomic E-state index is -1.43. The topological polar surface area (TPSA) is 65.0 Å². The van der Waals surface area contributed by atoms with Gasteiger partial charge in [-0.25, -0.2) is 0 Å². The predicted molar refractivity (Wildman–Crippen MR) is 99.2 cm³/mol. The summed E-state index contributed by atoms with van der Waals surface area (Å²) in [7, 11) is 0.0328. The van der Waals surface area contributed by atoms with Gasteiger partial charge in [0.1, 0.15) is 12.2 Å². The van der Waals surface area contributed by atoms with Crippen LogP contribution in [0, 0.1) is 6.92 Å². The van der Waals surface area contributed by atoms with Crippen LogP contribution in [0.25, 0.3) is 0 Å². The first-order valence-electron chi connectivity index (χ1n) is 8.55. The highest BCUT2D eigenvalue weighted by molar-refractivity contribution is 7.85. The number of hydrogen-bond acceptors (Lipinski definition) is 5. The van der Waals surface area contributed by atoms with Crippen LogP contribution in [0.4, 0.5) is 0 Å². The molecule has 5 nitrogen and oxygen atoms in total. The fourth-order valence-electron chi connectivity index (χ4n) is 3.00. The third-order valence-corrected chi connectivity index (χ3v) is 6.23. The van der Waals surface area contributed by atoms with Crippen molar-refractivity contribution in [3.05, 3.63) is 65.7 Å². The number of hydrogen-bond donors (Lipinski definition) is 1. The Bertz CT molecular complexity index is 719. The van der Waals surface area contributed by atoms with Gasteiger partial charge in [-0.1, -0.05) is 48.0 Å². The highest BCUT2D eigenvalue weighted by atomic mass is 32.2. The van der Waals surface area contributed by atoms with Crippen LogP contribution in [0.3, 0.4) is 0 Å². The monoisotopic (exact) mass is 376 g/mol. The lowest BCUT2D eigenvalue weighted by Gasteiger charge is -2.19. The summed E-state index contributed by atoms with van der Waals surface area (Å²) >= 11 is 0. The lowest BCUT2D eigenvalue weighted by atomic mass is 10.2. The van der Waals surface area contributed by atoms with Crippen molar-refractivity contribution in [2.75, 3.05) is 13.7 Å². The highest BCUT2D eigenvalue weighted by Gasteiger charge is 2.47. The van der Waals surface area contributed by atoms with E-state index in [1.165, 1.54) is 7.11 Å². The van der Waals surface area contributed by atoms with Crippen molar-refractivity contribution in [1.29, 1.82) is 0 Å². The molecule has 1 saturated heterocycles. The average molecular weight is 376 g/mol. The van der Waals surface area contributed by atoms with Crippen molar-refractivity contribution in [1.82, 2.24) is 0 Å². The second kappa shape index (κ2) is 8.88. The number of rotatable bonds is 7. The standard InChI is InChI=1S/C20H24O5S/c1-14-8-10-16(11-9-14)26(22)19-17(25-20(23-2)18(19)21)13-24-12-15-6-4-3-5-7-15/h3-11,17-21H,12-13H2,1-2H3/t17-,18+,19-,20+,26+/m1/s1. The Morgan fingerprint density at radius 3 is 2.46 bits per heavy atom. The van der Waals surface area contributed by atoms with E-state index < -0.39 is 34.5 Å². The lowest BCUT2D eigenvalue weighted by Crippen LogP contribution is -2.38. The summed E-state index contributed by atoms with van der Waals surface area (Å²) in [5.41, 5.74) is 2.14. The molecule has 0 amide bonds. The molecular formula is C20H24O5S. The second-order valence-corrected chi connectivity index (χ2v) is 7.96. The number of aliphatic hydroxyl groups is 1. The van der Waals surface area contributed by atoms with Crippen molar-refractivity contribution in [3.63, 3.8) is 0 Å². The molecule has 26 heavy (non-hydrogen) atoms. The van der Waals surface area contributed by atoms with Crippen molar-refractivity contribution in [2.45, 2.75) is 42.2 Å². The van der Waals surface area contributed by atoms with Crippen LogP contribution in [-0.2, 0) is 31.6 Å². The third-order valence-electron chi connectivity index (χ3n) is 4.42. The van der Waals surface area contributed by atoms with E-state index in [1.54, 1.807) is 0 Å². The van der Waals surface area contributed by atoms with E-state index in [0.717, 1.165) is 11.1 Å². The minimum Gasteiger partial charge on any atom is -0.386 e. The molecule has 1 aliphatic heterocycles. The molecule has 2 aromatic carbocycles. The van der Waals surface area contributed by atoms with Crippen LogP contribution in [0.1, 0.15) is 11.1 Å². The highest BCUT2D eigenvalue weighted by Crippen LogP contribution is 2.29. The first kappa shape index (κ1) is 19.2. The van der Waals surface area contributed by atoms with Crippen molar-refractivity contribution in [3.8, 4) is 0 Å². The summed E-state index contributed by atoms with van der Waals surface area (Å²) < 4.78 is 29.7. The van der Waals surface area contributed by atoms with Gasteiger partial charge >= 0.3 is 0 Å². The summed E-state index contributed by atoms with van der Waals surface area (Å²) in [4.78, 5) is 0.660. The molecule has 1 fully saturated rings. The van der Waals surface area contributed by atoms with Crippen LogP contribution < -0.4 is 0 Å². The van der Waals surface area contributed by atoms with Crippen LogP contribution in [-0.4, -0.2) is 46.8 Å². The SMILES string of the molecule is CO[C@H]1O[C@H](COCc2ccccc2)[C@@H]([S@@](=O)c2ccc(C)cc2)[C@@H]1O. The van der Waals surface area contributed by atoms with Gasteiger partial charge in [0.15, 0.2) is 6.29 Å². The van der Waals surface area contributed by atoms with E-state index >= 15 is 0 Å². The molecule has 140 valence electrons. The predicted octanol–water partition coefficient (Wildman–Crippen LogP) is 2.42.